The SMILES string of the molecule is Cc1cc(C)cc(-c2cc3c4c(c2)N(c2ccc(C(C)(C)C)cc2)c2ccc(C(C)(C)C)cc2B4c2c(cc(N(c4ccc(C(C)(C)C)cc4)c4ccc(C(C)(C)C)cc4)c4oc5ccccc5c24)O3)c1. The monoisotopic (exact) mass is 931 g/mol. The first-order valence-corrected chi connectivity index (χ1v) is 25.5. The molecule has 0 fully saturated rings. The lowest BCUT2D eigenvalue weighted by Crippen LogP contribution is -2.60. The van der Waals surface area contributed by atoms with Gasteiger partial charge in [0, 0.05) is 45.3 Å². The zero-order valence-electron chi connectivity index (χ0n) is 44.2. The Kier molecular flexibility index (Phi) is 10.6. The predicted molar refractivity (Wildman–Crippen MR) is 304 cm³/mol. The van der Waals surface area contributed by atoms with Gasteiger partial charge in [-0.15, -0.1) is 0 Å². The molecule has 1 aromatic heterocycles. The highest BCUT2D eigenvalue weighted by Gasteiger charge is 2.45. The summed E-state index contributed by atoms with van der Waals surface area (Å²) in [6, 6.07) is 57.0. The maximum absolute atomic E-state index is 7.63. The minimum absolute atomic E-state index is 0.000218. The van der Waals surface area contributed by atoms with Crippen molar-refractivity contribution in [3.05, 3.63) is 185 Å². The number of benzene rings is 8. The molecule has 2 aliphatic heterocycles. The molecule has 8 aromatic carbocycles. The normalized spacial score (nSPS) is 13.5. The number of ether oxygens (including phenoxy) is 1. The molecule has 0 spiro atoms. The fourth-order valence-corrected chi connectivity index (χ4v) is 11.1. The predicted octanol–water partition coefficient (Wildman–Crippen LogP) is 16.9. The number of furan rings is 1. The molecule has 0 aliphatic carbocycles. The number of hydrogen-bond donors (Lipinski definition) is 0. The van der Waals surface area contributed by atoms with E-state index in [0.29, 0.717) is 0 Å². The van der Waals surface area contributed by atoms with Gasteiger partial charge in [-0.25, -0.2) is 0 Å². The first-order chi connectivity index (χ1) is 33.5. The van der Waals surface area contributed by atoms with E-state index >= 15 is 0 Å². The number of fused-ring (bicyclic) bond motifs is 8. The Hall–Kier alpha value is -6.98. The Balaban J connectivity index is 1.24. The lowest BCUT2D eigenvalue weighted by molar-refractivity contribution is 0.488. The van der Waals surface area contributed by atoms with Crippen molar-refractivity contribution in [2.75, 3.05) is 9.80 Å². The van der Waals surface area contributed by atoms with Gasteiger partial charge in [-0.2, -0.15) is 0 Å². The lowest BCUT2D eigenvalue weighted by atomic mass is 9.33. The van der Waals surface area contributed by atoms with E-state index in [1.54, 1.807) is 0 Å². The third kappa shape index (κ3) is 8.02. The van der Waals surface area contributed by atoms with Crippen LogP contribution in [0.1, 0.15) is 116 Å². The van der Waals surface area contributed by atoms with Crippen LogP contribution in [0.25, 0.3) is 33.1 Å². The van der Waals surface area contributed by atoms with Crippen LogP contribution in [0.3, 0.4) is 0 Å². The van der Waals surface area contributed by atoms with Gasteiger partial charge in [-0.1, -0.05) is 179 Å². The highest BCUT2D eigenvalue weighted by molar-refractivity contribution is 7.01. The number of anilines is 6. The molecule has 71 heavy (non-hydrogen) atoms. The molecule has 0 amide bonds. The van der Waals surface area contributed by atoms with Crippen LogP contribution < -0.4 is 30.9 Å². The van der Waals surface area contributed by atoms with E-state index in [4.69, 9.17) is 9.15 Å². The first-order valence-electron chi connectivity index (χ1n) is 25.5. The van der Waals surface area contributed by atoms with Crippen LogP contribution >= 0.6 is 0 Å². The molecule has 0 N–H and O–H groups in total. The third-order valence-electron chi connectivity index (χ3n) is 15.0. The van der Waals surface area contributed by atoms with Crippen LogP contribution in [-0.2, 0) is 21.7 Å². The average molecular weight is 931 g/mol. The minimum atomic E-state index is -0.178. The van der Waals surface area contributed by atoms with Crippen LogP contribution in [0.5, 0.6) is 11.5 Å². The molecule has 0 radical (unpaired) electrons. The van der Waals surface area contributed by atoms with Gasteiger partial charge in [0.2, 0.25) is 0 Å². The first kappa shape index (κ1) is 46.4. The van der Waals surface area contributed by atoms with Crippen LogP contribution in [0.2, 0.25) is 0 Å². The molecule has 5 heteroatoms. The second-order valence-electron chi connectivity index (χ2n) is 24.5. The zero-order valence-corrected chi connectivity index (χ0v) is 44.2. The van der Waals surface area contributed by atoms with Crippen molar-refractivity contribution in [1.29, 1.82) is 0 Å². The smallest absolute Gasteiger partial charge is 0.257 e. The van der Waals surface area contributed by atoms with E-state index in [1.807, 2.05) is 0 Å². The molecule has 0 saturated heterocycles. The van der Waals surface area contributed by atoms with Crippen molar-refractivity contribution in [2.45, 2.75) is 119 Å². The molecule has 4 nitrogen and oxygen atoms in total. The standard InChI is InChI=1S/C66H67BN2O2/c1-40-33-41(2)35-42(34-40)43-36-54-60-57(37-43)70-58-39-55(68(48-26-19-44(20-27-48)63(3,4)5)49-28-21-45(22-29-49)64(6,7)8)62-59(51-17-15-16-18-56(51)71-62)61(58)67(60)52-38-47(66(12,13)14)25-32-53(52)69(54)50-30-23-46(24-31-50)65(9,10)11/h15-39H,1-14H3. The highest BCUT2D eigenvalue weighted by Crippen LogP contribution is 2.49. The van der Waals surface area contributed by atoms with Crippen molar-refractivity contribution in [1.82, 2.24) is 0 Å². The summed E-state index contributed by atoms with van der Waals surface area (Å²) in [6.45, 7) is 31.6. The summed E-state index contributed by atoms with van der Waals surface area (Å²) < 4.78 is 14.9. The summed E-state index contributed by atoms with van der Waals surface area (Å²) in [4.78, 5) is 4.86. The fraction of sp³-hybridized carbons (Fsp3) is 0.273. The maximum atomic E-state index is 7.63. The van der Waals surface area contributed by atoms with Crippen molar-refractivity contribution in [3.8, 4) is 22.6 Å². The summed E-state index contributed by atoms with van der Waals surface area (Å²) in [5, 5.41) is 2.15. The van der Waals surface area contributed by atoms with Crippen molar-refractivity contribution < 1.29 is 9.15 Å². The molecule has 3 heterocycles. The summed E-state index contributed by atoms with van der Waals surface area (Å²) in [5.41, 5.74) is 21.5. The second kappa shape index (κ2) is 16.3. The van der Waals surface area contributed by atoms with E-state index in [2.05, 4.69) is 258 Å². The van der Waals surface area contributed by atoms with Gasteiger partial charge in [-0.3, -0.25) is 0 Å². The molecule has 2 aliphatic rings. The number of aryl methyl sites for hydroxylation is 2. The lowest BCUT2D eigenvalue weighted by Gasteiger charge is -2.41. The fourth-order valence-electron chi connectivity index (χ4n) is 11.1. The number of rotatable bonds is 5. The van der Waals surface area contributed by atoms with Crippen LogP contribution in [-0.4, -0.2) is 6.71 Å². The van der Waals surface area contributed by atoms with Gasteiger partial charge in [0.05, 0.1) is 5.69 Å². The Morgan fingerprint density at radius 1 is 0.465 bits per heavy atom. The third-order valence-corrected chi connectivity index (χ3v) is 15.0. The van der Waals surface area contributed by atoms with Gasteiger partial charge in [0.1, 0.15) is 17.1 Å². The molecule has 0 bridgehead atoms. The molecular weight excluding hydrogens is 864 g/mol. The Bertz CT molecular complexity index is 3470. The van der Waals surface area contributed by atoms with Crippen molar-refractivity contribution in [2.24, 2.45) is 0 Å². The van der Waals surface area contributed by atoms with Crippen molar-refractivity contribution in [3.63, 3.8) is 0 Å². The van der Waals surface area contributed by atoms with E-state index < -0.39 is 0 Å². The van der Waals surface area contributed by atoms with Gasteiger partial charge >= 0.3 is 0 Å². The Morgan fingerprint density at radius 3 is 1.54 bits per heavy atom. The average Bonchev–Trinajstić information content (AvgIpc) is 3.70. The van der Waals surface area contributed by atoms with E-state index in [0.717, 1.165) is 78.4 Å². The van der Waals surface area contributed by atoms with E-state index in [-0.39, 0.29) is 28.4 Å². The minimum Gasteiger partial charge on any atom is -0.458 e. The molecule has 0 saturated carbocycles. The molecular formula is C66H67BN2O2. The highest BCUT2D eigenvalue weighted by atomic mass is 16.5. The number of nitrogens with zero attached hydrogens (tertiary/aromatic N) is 2. The van der Waals surface area contributed by atoms with E-state index in [9.17, 15) is 0 Å². The topological polar surface area (TPSA) is 28.9 Å². The van der Waals surface area contributed by atoms with E-state index in [1.165, 1.54) is 50.1 Å². The van der Waals surface area contributed by atoms with Crippen molar-refractivity contribution >= 4 is 79.2 Å². The summed E-state index contributed by atoms with van der Waals surface area (Å²) >= 11 is 0. The van der Waals surface area contributed by atoms with Gasteiger partial charge in [0.15, 0.2) is 5.58 Å². The van der Waals surface area contributed by atoms with Gasteiger partial charge in [-0.05, 0) is 146 Å². The maximum Gasteiger partial charge on any atom is 0.257 e. The number of para-hydroxylation sites is 1. The quantitative estimate of drug-likeness (QED) is 0.161. The summed E-state index contributed by atoms with van der Waals surface area (Å²) in [6.07, 6.45) is 0. The summed E-state index contributed by atoms with van der Waals surface area (Å²) in [7, 11) is 0. The van der Waals surface area contributed by atoms with Crippen LogP contribution in [0.15, 0.2) is 156 Å². The molecule has 0 unspecified atom stereocenters. The summed E-state index contributed by atoms with van der Waals surface area (Å²) in [5.74, 6) is 1.70. The molecule has 11 rings (SSSR count). The molecule has 356 valence electrons. The molecule has 9 aromatic rings. The number of hydrogen-bond acceptors (Lipinski definition) is 4. The Labute approximate surface area is 422 Å². The van der Waals surface area contributed by atoms with Crippen LogP contribution in [0.4, 0.5) is 34.1 Å². The largest absolute Gasteiger partial charge is 0.458 e. The van der Waals surface area contributed by atoms with Gasteiger partial charge < -0.3 is 19.0 Å². The second-order valence-corrected chi connectivity index (χ2v) is 24.5. The molecule has 0 atom stereocenters. The van der Waals surface area contributed by atoms with Crippen LogP contribution in [0, 0.1) is 13.8 Å². The Morgan fingerprint density at radius 2 is 0.972 bits per heavy atom. The zero-order chi connectivity index (χ0) is 50.1. The van der Waals surface area contributed by atoms with Gasteiger partial charge in [0.25, 0.3) is 6.71 Å².